The summed E-state index contributed by atoms with van der Waals surface area (Å²) in [6.45, 7) is 18.5. The second-order valence-corrected chi connectivity index (χ2v) is 21.6. The fraction of sp³-hybridized carbons (Fsp3) is 0.182. The summed E-state index contributed by atoms with van der Waals surface area (Å²) in [5.74, 6) is 0. The van der Waals surface area contributed by atoms with Gasteiger partial charge in [-0.3, -0.25) is 0 Å². The maximum atomic E-state index is 2.64. The van der Waals surface area contributed by atoms with Gasteiger partial charge in [-0.2, -0.15) is 0 Å². The molecule has 13 rings (SSSR count). The molecule has 0 amide bonds. The van der Waals surface area contributed by atoms with Crippen molar-refractivity contribution in [1.29, 1.82) is 0 Å². The lowest BCUT2D eigenvalue weighted by atomic mass is 9.30. The number of benzene rings is 9. The first kappa shape index (κ1) is 45.7. The largest absolute Gasteiger partial charge is 0.367 e. The lowest BCUT2D eigenvalue weighted by Crippen LogP contribution is -2.65. The molecule has 0 unspecified atom stereocenters. The van der Waals surface area contributed by atoms with Crippen molar-refractivity contribution in [3.8, 4) is 0 Å². The molecule has 6 nitrogen and oxygen atoms in total. The average molecular weight is 961 g/mol. The molecule has 0 atom stereocenters. The molecular weight excluding hydrogens is 898 g/mol. The number of anilines is 14. The molecule has 0 radical (unpaired) electrons. The summed E-state index contributed by atoms with van der Waals surface area (Å²) in [7, 11) is 0. The maximum Gasteiger partial charge on any atom is 0.252 e. The Hall–Kier alpha value is -8.09. The van der Waals surface area contributed by atoms with Crippen molar-refractivity contribution in [2.24, 2.45) is 0 Å². The van der Waals surface area contributed by atoms with E-state index >= 15 is 0 Å². The van der Waals surface area contributed by atoms with Crippen LogP contribution in [0, 0.1) is 0 Å². The first-order chi connectivity index (χ1) is 36.1. The highest BCUT2D eigenvalue weighted by Crippen LogP contribution is 2.50. The highest BCUT2D eigenvalue weighted by Gasteiger charge is 2.49. The number of nitrogens with zero attached hydrogens (tertiary/aromatic N) is 6. The van der Waals surface area contributed by atoms with E-state index in [1.54, 1.807) is 0 Å². The Labute approximate surface area is 438 Å². The molecule has 9 aromatic rings. The molecule has 0 aromatic heterocycles. The third-order valence-corrected chi connectivity index (χ3v) is 15.9. The van der Waals surface area contributed by atoms with Gasteiger partial charge >= 0.3 is 0 Å². The van der Waals surface area contributed by atoms with Crippen LogP contribution in [-0.2, 0) is 0 Å². The summed E-state index contributed by atoms with van der Waals surface area (Å²) in [4.78, 5) is 15.4. The number of hydrogen-bond acceptors (Lipinski definition) is 6. The Kier molecular flexibility index (Phi) is 11.0. The molecule has 0 saturated carbocycles. The van der Waals surface area contributed by atoms with Gasteiger partial charge in [-0.05, 0) is 179 Å². The van der Waals surface area contributed by atoms with Crippen LogP contribution in [0.1, 0.15) is 55.4 Å². The summed E-state index contributed by atoms with van der Waals surface area (Å²) in [6, 6.07) is 78.9. The Bertz CT molecular complexity index is 3330. The van der Waals surface area contributed by atoms with Gasteiger partial charge in [0, 0.05) is 104 Å². The second-order valence-electron chi connectivity index (χ2n) is 21.6. The normalized spacial score (nSPS) is 13.7. The SMILES string of the molecule is CC(C)N(c1cc2c3c(c1)N(c1ccccc1)c1cc4c(cc1B3c1ccccc1N2c1ccccc1)B1c2ccccc2N(c2ccccc2)c2cc(N(C(C)C)C(C)C)cc(c21)N4c1ccccc1)C(C)C. The van der Waals surface area contributed by atoms with Crippen molar-refractivity contribution in [2.75, 3.05) is 29.4 Å². The molecule has 74 heavy (non-hydrogen) atoms. The van der Waals surface area contributed by atoms with Crippen LogP contribution in [-0.4, -0.2) is 37.6 Å². The lowest BCUT2D eigenvalue weighted by molar-refractivity contribution is 0.608. The standard InChI is InChI=1S/C66H62B2N6/c1-43(2)69(44(3)4)51-37-61-65-63(39-51)73(49-29-17-11-18-30-49)59-42-60-56(41-55(59)67(65)53-33-21-23-35-57(53)71(61)47-25-13-9-14-26-47)68-54-34-22-24-36-58(54)72(48-27-15-10-16-28-48)62-38-52(70(45(5)6)46(7)8)40-64(66(62)68)74(60)50-31-19-12-20-32-50/h9-46H,1-8H3. The van der Waals surface area contributed by atoms with Crippen molar-refractivity contribution in [2.45, 2.75) is 79.6 Å². The predicted octanol–water partition coefficient (Wildman–Crippen LogP) is 13.1. The van der Waals surface area contributed by atoms with Gasteiger partial charge in [-0.25, -0.2) is 0 Å². The van der Waals surface area contributed by atoms with Crippen molar-refractivity contribution in [3.05, 3.63) is 206 Å². The smallest absolute Gasteiger partial charge is 0.252 e. The van der Waals surface area contributed by atoms with Crippen LogP contribution < -0.4 is 62.2 Å². The van der Waals surface area contributed by atoms with E-state index < -0.39 is 0 Å². The highest BCUT2D eigenvalue weighted by molar-refractivity contribution is 7.03. The molecule has 9 aromatic carbocycles. The average Bonchev–Trinajstić information content (AvgIpc) is 3.40. The third kappa shape index (κ3) is 7.01. The van der Waals surface area contributed by atoms with E-state index in [4.69, 9.17) is 0 Å². The van der Waals surface area contributed by atoms with Gasteiger partial charge in [0.2, 0.25) is 0 Å². The van der Waals surface area contributed by atoms with Crippen LogP contribution >= 0.6 is 0 Å². The molecule has 0 bridgehead atoms. The number of fused-ring (bicyclic) bond motifs is 8. The molecule has 4 aliphatic rings. The van der Waals surface area contributed by atoms with Crippen molar-refractivity contribution in [3.63, 3.8) is 0 Å². The summed E-state index contributed by atoms with van der Waals surface area (Å²) in [6.07, 6.45) is 0. The fourth-order valence-corrected chi connectivity index (χ4v) is 13.5. The molecule has 0 spiro atoms. The van der Waals surface area contributed by atoms with E-state index in [1.807, 2.05) is 0 Å². The molecule has 0 fully saturated rings. The van der Waals surface area contributed by atoms with Gasteiger partial charge in [0.05, 0.1) is 0 Å². The van der Waals surface area contributed by atoms with Gasteiger partial charge in [-0.15, -0.1) is 0 Å². The topological polar surface area (TPSA) is 19.4 Å². The number of hydrogen-bond donors (Lipinski definition) is 0. The van der Waals surface area contributed by atoms with Gasteiger partial charge in [-0.1, -0.05) is 115 Å². The third-order valence-electron chi connectivity index (χ3n) is 15.9. The van der Waals surface area contributed by atoms with Gasteiger partial charge in [0.1, 0.15) is 0 Å². The van der Waals surface area contributed by atoms with E-state index in [1.165, 1.54) is 89.7 Å². The van der Waals surface area contributed by atoms with Crippen LogP contribution in [0.25, 0.3) is 0 Å². The first-order valence-corrected chi connectivity index (χ1v) is 26.8. The minimum Gasteiger partial charge on any atom is -0.367 e. The summed E-state index contributed by atoms with van der Waals surface area (Å²) >= 11 is 0. The maximum absolute atomic E-state index is 2.64. The van der Waals surface area contributed by atoms with Crippen molar-refractivity contribution < 1.29 is 0 Å². The molecular formula is C66H62B2N6. The van der Waals surface area contributed by atoms with Crippen LogP contribution in [0.15, 0.2) is 206 Å². The fourth-order valence-electron chi connectivity index (χ4n) is 13.5. The van der Waals surface area contributed by atoms with Gasteiger partial charge < -0.3 is 29.4 Å². The molecule has 4 aliphatic heterocycles. The molecule has 0 saturated heterocycles. The van der Waals surface area contributed by atoms with E-state index in [2.05, 4.69) is 291 Å². The first-order valence-electron chi connectivity index (χ1n) is 26.8. The van der Waals surface area contributed by atoms with Gasteiger partial charge in [0.25, 0.3) is 13.4 Å². The van der Waals surface area contributed by atoms with E-state index in [0.717, 1.165) is 22.7 Å². The molecule has 0 N–H and O–H groups in total. The highest BCUT2D eigenvalue weighted by atomic mass is 15.2. The van der Waals surface area contributed by atoms with Crippen molar-refractivity contribution >= 4 is 126 Å². The monoisotopic (exact) mass is 961 g/mol. The van der Waals surface area contributed by atoms with Crippen molar-refractivity contribution in [1.82, 2.24) is 0 Å². The Morgan fingerprint density at radius 1 is 0.270 bits per heavy atom. The zero-order valence-corrected chi connectivity index (χ0v) is 43.8. The van der Waals surface area contributed by atoms with Crippen LogP contribution in [0.3, 0.4) is 0 Å². The zero-order chi connectivity index (χ0) is 50.5. The summed E-state index contributed by atoms with van der Waals surface area (Å²) in [5, 5.41) is 0. The van der Waals surface area contributed by atoms with Crippen LogP contribution in [0.2, 0.25) is 0 Å². The lowest BCUT2D eigenvalue weighted by Gasteiger charge is -2.48. The Morgan fingerprint density at radius 3 is 0.838 bits per heavy atom. The zero-order valence-electron chi connectivity index (χ0n) is 43.8. The van der Waals surface area contributed by atoms with E-state index in [-0.39, 0.29) is 37.6 Å². The minimum absolute atomic E-state index is 0.0595. The molecule has 0 aliphatic carbocycles. The summed E-state index contributed by atoms with van der Waals surface area (Å²) < 4.78 is 0. The van der Waals surface area contributed by atoms with Gasteiger partial charge in [0.15, 0.2) is 0 Å². The molecule has 362 valence electrons. The summed E-state index contributed by atoms with van der Waals surface area (Å²) in [5.41, 5.74) is 24.5. The minimum atomic E-state index is -0.0595. The Morgan fingerprint density at radius 2 is 0.541 bits per heavy atom. The second kappa shape index (κ2) is 17.8. The van der Waals surface area contributed by atoms with Crippen LogP contribution in [0.5, 0.6) is 0 Å². The molecule has 8 heteroatoms. The molecule has 4 heterocycles. The quantitative estimate of drug-likeness (QED) is 0.126. The predicted molar refractivity (Wildman–Crippen MR) is 320 cm³/mol. The van der Waals surface area contributed by atoms with Crippen LogP contribution in [0.4, 0.5) is 79.6 Å². The number of para-hydroxylation sites is 6. The number of rotatable bonds is 10. The van der Waals surface area contributed by atoms with E-state index in [0.29, 0.717) is 0 Å². The van der Waals surface area contributed by atoms with E-state index in [9.17, 15) is 0 Å². The Balaban J connectivity index is 1.17.